The van der Waals surface area contributed by atoms with Gasteiger partial charge in [0.2, 0.25) is 0 Å². The van der Waals surface area contributed by atoms with Gasteiger partial charge in [-0.2, -0.15) is 0 Å². The number of hydrogen-bond acceptors (Lipinski definition) is 8. The lowest BCUT2D eigenvalue weighted by Gasteiger charge is -2.12. The SMILES string of the molecule is CC(C)Oc1ccc(-c2nnc(-c3cc(F)c(OC[C@@H](N)CO)cc3Cl)s2)nc1Cl.Cl. The van der Waals surface area contributed by atoms with Gasteiger partial charge in [0.25, 0.3) is 0 Å². The zero-order valence-electron chi connectivity index (χ0n) is 16.5. The molecule has 3 aromatic rings. The number of ether oxygens (including phenoxy) is 2. The van der Waals surface area contributed by atoms with Gasteiger partial charge in [-0.1, -0.05) is 34.5 Å². The lowest BCUT2D eigenvalue weighted by Crippen LogP contribution is -2.31. The van der Waals surface area contributed by atoms with Crippen molar-refractivity contribution >= 4 is 46.9 Å². The third-order valence-electron chi connectivity index (χ3n) is 3.76. The molecule has 2 aromatic heterocycles. The molecule has 12 heteroatoms. The second-order valence-corrected chi connectivity index (χ2v) is 8.32. The molecule has 0 aliphatic heterocycles. The number of aromatic nitrogens is 3. The quantitative estimate of drug-likeness (QED) is 0.427. The number of nitrogens with two attached hydrogens (primary N) is 1. The van der Waals surface area contributed by atoms with Crippen LogP contribution in [-0.4, -0.2) is 45.6 Å². The third kappa shape index (κ3) is 6.38. The normalized spacial score (nSPS) is 11.9. The van der Waals surface area contributed by atoms with E-state index >= 15 is 0 Å². The van der Waals surface area contributed by atoms with Crippen LogP contribution in [-0.2, 0) is 0 Å². The molecule has 2 heterocycles. The summed E-state index contributed by atoms with van der Waals surface area (Å²) >= 11 is 13.7. The second-order valence-electron chi connectivity index (χ2n) is 6.58. The zero-order chi connectivity index (χ0) is 21.8. The van der Waals surface area contributed by atoms with E-state index in [9.17, 15) is 4.39 Å². The van der Waals surface area contributed by atoms with Crippen LogP contribution in [0.5, 0.6) is 11.5 Å². The van der Waals surface area contributed by atoms with Crippen molar-refractivity contribution in [2.75, 3.05) is 13.2 Å². The number of aliphatic hydroxyl groups is 1. The monoisotopic (exact) mass is 508 g/mol. The zero-order valence-corrected chi connectivity index (χ0v) is 19.7. The Balaban J connectivity index is 0.00000341. The summed E-state index contributed by atoms with van der Waals surface area (Å²) in [6.45, 7) is 3.46. The Morgan fingerprint density at radius 1 is 1.16 bits per heavy atom. The van der Waals surface area contributed by atoms with Gasteiger partial charge in [0.15, 0.2) is 27.5 Å². The molecule has 0 bridgehead atoms. The van der Waals surface area contributed by atoms with Crippen molar-refractivity contribution in [2.45, 2.75) is 26.0 Å². The first-order chi connectivity index (χ1) is 14.3. The second kappa shape index (κ2) is 11.2. The van der Waals surface area contributed by atoms with Crippen molar-refractivity contribution in [3.05, 3.63) is 40.3 Å². The summed E-state index contributed by atoms with van der Waals surface area (Å²) in [4.78, 5) is 4.30. The number of halogens is 4. The molecule has 3 rings (SSSR count). The predicted molar refractivity (Wildman–Crippen MR) is 122 cm³/mol. The average molecular weight is 510 g/mol. The first-order valence-corrected chi connectivity index (χ1v) is 10.5. The van der Waals surface area contributed by atoms with Gasteiger partial charge in [0, 0.05) is 11.6 Å². The van der Waals surface area contributed by atoms with Gasteiger partial charge in [-0.15, -0.1) is 22.6 Å². The van der Waals surface area contributed by atoms with Crippen molar-refractivity contribution in [3.63, 3.8) is 0 Å². The minimum absolute atomic E-state index is 0. The van der Waals surface area contributed by atoms with E-state index < -0.39 is 11.9 Å². The molecule has 0 unspecified atom stereocenters. The molecule has 0 aliphatic carbocycles. The van der Waals surface area contributed by atoms with Gasteiger partial charge >= 0.3 is 0 Å². The van der Waals surface area contributed by atoms with Crippen LogP contribution in [0, 0.1) is 5.82 Å². The van der Waals surface area contributed by atoms with E-state index in [1.54, 1.807) is 12.1 Å². The van der Waals surface area contributed by atoms with E-state index in [-0.39, 0.29) is 47.7 Å². The Labute approximate surface area is 198 Å². The van der Waals surface area contributed by atoms with Crippen LogP contribution in [0.1, 0.15) is 13.8 Å². The van der Waals surface area contributed by atoms with Crippen LogP contribution in [0.2, 0.25) is 10.2 Å². The highest BCUT2D eigenvalue weighted by Gasteiger charge is 2.18. The van der Waals surface area contributed by atoms with Gasteiger partial charge in [-0.3, -0.25) is 0 Å². The summed E-state index contributed by atoms with van der Waals surface area (Å²) in [5.41, 5.74) is 6.43. The van der Waals surface area contributed by atoms with Crippen molar-refractivity contribution in [3.8, 4) is 32.8 Å². The molecule has 1 atom stereocenters. The lowest BCUT2D eigenvalue weighted by atomic mass is 10.2. The van der Waals surface area contributed by atoms with E-state index in [2.05, 4.69) is 15.2 Å². The molecule has 3 N–H and O–H groups in total. The number of rotatable bonds is 8. The number of aliphatic hydroxyl groups excluding tert-OH is 1. The minimum atomic E-state index is -0.632. The number of benzene rings is 1. The maximum atomic E-state index is 14.4. The molecule has 168 valence electrons. The Kier molecular flexibility index (Phi) is 9.23. The van der Waals surface area contributed by atoms with E-state index in [4.69, 9.17) is 43.5 Å². The van der Waals surface area contributed by atoms with Crippen molar-refractivity contribution in [1.29, 1.82) is 0 Å². The van der Waals surface area contributed by atoms with Crippen LogP contribution in [0.25, 0.3) is 21.3 Å². The standard InChI is InChI=1S/C19H19Cl2FN4O3S.ClH/c1-9(2)29-15-4-3-14(24-17(15)21)19-26-25-18(30-19)11-5-13(22)16(6-12(11)20)28-8-10(23)7-27;/h3-6,9-10,27H,7-8,23H2,1-2H3;1H/t10-;/m0./s1. The van der Waals surface area contributed by atoms with Crippen LogP contribution in [0.15, 0.2) is 24.3 Å². The first-order valence-electron chi connectivity index (χ1n) is 8.94. The van der Waals surface area contributed by atoms with Gasteiger partial charge in [-0.05, 0) is 32.0 Å². The van der Waals surface area contributed by atoms with E-state index in [1.165, 1.54) is 23.5 Å². The van der Waals surface area contributed by atoms with E-state index in [0.717, 1.165) is 0 Å². The first kappa shape index (κ1) is 25.5. The summed E-state index contributed by atoms with van der Waals surface area (Å²) in [5, 5.41) is 18.5. The molecule has 0 saturated carbocycles. The molecule has 0 fully saturated rings. The van der Waals surface area contributed by atoms with Crippen molar-refractivity contribution in [2.24, 2.45) is 5.73 Å². The Morgan fingerprint density at radius 2 is 1.87 bits per heavy atom. The van der Waals surface area contributed by atoms with Gasteiger partial charge in [0.05, 0.1) is 23.8 Å². The molecule has 0 spiro atoms. The van der Waals surface area contributed by atoms with Crippen molar-refractivity contribution in [1.82, 2.24) is 15.2 Å². The lowest BCUT2D eigenvalue weighted by molar-refractivity contribution is 0.202. The fraction of sp³-hybridized carbons (Fsp3) is 0.316. The largest absolute Gasteiger partial charge is 0.489 e. The van der Waals surface area contributed by atoms with Gasteiger partial charge in [-0.25, -0.2) is 9.37 Å². The highest BCUT2D eigenvalue weighted by Crippen LogP contribution is 2.37. The highest BCUT2D eigenvalue weighted by atomic mass is 35.5. The number of nitrogens with zero attached hydrogens (tertiary/aromatic N) is 3. The smallest absolute Gasteiger partial charge is 0.171 e. The van der Waals surface area contributed by atoms with Crippen LogP contribution >= 0.6 is 46.9 Å². The fourth-order valence-electron chi connectivity index (χ4n) is 2.37. The van der Waals surface area contributed by atoms with E-state index in [1.807, 2.05) is 13.8 Å². The third-order valence-corrected chi connectivity index (χ3v) is 5.32. The van der Waals surface area contributed by atoms with Crippen LogP contribution in [0.3, 0.4) is 0 Å². The molecule has 31 heavy (non-hydrogen) atoms. The summed E-state index contributed by atoms with van der Waals surface area (Å²) in [6.07, 6.45) is -0.0355. The molecule has 1 aromatic carbocycles. The summed E-state index contributed by atoms with van der Waals surface area (Å²) < 4.78 is 25.3. The maximum Gasteiger partial charge on any atom is 0.171 e. The molecule has 0 amide bonds. The van der Waals surface area contributed by atoms with Crippen LogP contribution < -0.4 is 15.2 Å². The Morgan fingerprint density at radius 3 is 2.52 bits per heavy atom. The Bertz CT molecular complexity index is 1040. The fourth-order valence-corrected chi connectivity index (χ4v) is 3.71. The molecule has 0 aliphatic rings. The number of pyridine rings is 1. The molecular formula is C19H20Cl3FN4O3S. The van der Waals surface area contributed by atoms with Gasteiger partial charge < -0.3 is 20.3 Å². The molecule has 0 saturated heterocycles. The average Bonchev–Trinajstić information content (AvgIpc) is 3.19. The van der Waals surface area contributed by atoms with Crippen LogP contribution in [0.4, 0.5) is 4.39 Å². The molecule has 0 radical (unpaired) electrons. The summed E-state index contributed by atoms with van der Waals surface area (Å²) in [7, 11) is 0. The summed E-state index contributed by atoms with van der Waals surface area (Å²) in [5.74, 6) is -0.221. The minimum Gasteiger partial charge on any atom is -0.489 e. The summed E-state index contributed by atoms with van der Waals surface area (Å²) in [6, 6.07) is 5.36. The molecule has 7 nitrogen and oxygen atoms in total. The Hall–Kier alpha value is -1.75. The maximum absolute atomic E-state index is 14.4. The number of hydrogen-bond donors (Lipinski definition) is 2. The van der Waals surface area contributed by atoms with E-state index in [0.29, 0.717) is 27.0 Å². The topological polar surface area (TPSA) is 103 Å². The van der Waals surface area contributed by atoms with Gasteiger partial charge in [0.1, 0.15) is 17.3 Å². The predicted octanol–water partition coefficient (Wildman–Crippen LogP) is 4.62. The molecular weight excluding hydrogens is 490 g/mol. The van der Waals surface area contributed by atoms with Crippen molar-refractivity contribution < 1.29 is 19.0 Å². The highest BCUT2D eigenvalue weighted by molar-refractivity contribution is 7.18.